The van der Waals surface area contributed by atoms with Gasteiger partial charge in [-0.3, -0.25) is 9.69 Å². The molecule has 1 aromatic carbocycles. The summed E-state index contributed by atoms with van der Waals surface area (Å²) in [6.07, 6.45) is 2.91. The van der Waals surface area contributed by atoms with E-state index in [0.717, 1.165) is 49.5 Å². The minimum atomic E-state index is 0.0280. The van der Waals surface area contributed by atoms with Crippen molar-refractivity contribution < 1.29 is 9.32 Å². The summed E-state index contributed by atoms with van der Waals surface area (Å²) in [5.41, 5.74) is 0. The molecular formula is C22H26N4O2S2. The highest BCUT2D eigenvalue weighted by atomic mass is 32.2. The number of aromatic nitrogens is 2. The number of hydrogen-bond acceptors (Lipinski definition) is 7. The Morgan fingerprint density at radius 2 is 2.17 bits per heavy atom. The van der Waals surface area contributed by atoms with Gasteiger partial charge in [0.1, 0.15) is 0 Å². The predicted octanol–water partition coefficient (Wildman–Crippen LogP) is 4.31. The van der Waals surface area contributed by atoms with E-state index in [1.165, 1.54) is 4.90 Å². The first-order valence-corrected chi connectivity index (χ1v) is 12.2. The maximum atomic E-state index is 12.6. The molecule has 3 aromatic rings. The van der Waals surface area contributed by atoms with Crippen molar-refractivity contribution in [3.05, 3.63) is 53.7 Å². The largest absolute Gasteiger partial charge is 0.356 e. The monoisotopic (exact) mass is 442 g/mol. The summed E-state index contributed by atoms with van der Waals surface area (Å²) in [6.45, 7) is 3.01. The van der Waals surface area contributed by atoms with E-state index in [4.69, 9.17) is 4.52 Å². The van der Waals surface area contributed by atoms with Crippen molar-refractivity contribution in [2.45, 2.75) is 30.7 Å². The summed E-state index contributed by atoms with van der Waals surface area (Å²) >= 11 is 3.42. The van der Waals surface area contributed by atoms with E-state index < -0.39 is 0 Å². The van der Waals surface area contributed by atoms with Crippen molar-refractivity contribution in [2.24, 2.45) is 5.92 Å². The van der Waals surface area contributed by atoms with Gasteiger partial charge in [-0.15, -0.1) is 23.1 Å². The number of thiophene rings is 1. The van der Waals surface area contributed by atoms with Gasteiger partial charge in [0.25, 0.3) is 0 Å². The number of carbonyl (C=O) groups excluding carboxylic acids is 1. The van der Waals surface area contributed by atoms with Crippen LogP contribution < -0.4 is 5.32 Å². The molecular weight excluding hydrogens is 416 g/mol. The van der Waals surface area contributed by atoms with E-state index in [0.29, 0.717) is 18.3 Å². The third-order valence-corrected chi connectivity index (χ3v) is 7.04. The molecule has 1 atom stereocenters. The number of likely N-dealkylation sites (tertiary alicyclic amines) is 1. The maximum absolute atomic E-state index is 12.6. The number of nitrogens with one attached hydrogen (secondary N) is 1. The first-order valence-electron chi connectivity index (χ1n) is 10.3. The highest BCUT2D eigenvalue weighted by Crippen LogP contribution is 2.23. The first-order chi connectivity index (χ1) is 14.8. The van der Waals surface area contributed by atoms with Crippen LogP contribution in [0.1, 0.15) is 25.2 Å². The Balaban J connectivity index is 1.18. The Bertz CT molecular complexity index is 914. The van der Waals surface area contributed by atoms with Gasteiger partial charge in [-0.25, -0.2) is 0 Å². The minimum absolute atomic E-state index is 0.0280. The zero-order chi connectivity index (χ0) is 20.6. The van der Waals surface area contributed by atoms with Crippen molar-refractivity contribution >= 4 is 29.0 Å². The molecule has 4 rings (SSSR count). The van der Waals surface area contributed by atoms with E-state index in [9.17, 15) is 4.79 Å². The van der Waals surface area contributed by atoms with Crippen molar-refractivity contribution in [3.8, 4) is 10.7 Å². The van der Waals surface area contributed by atoms with Gasteiger partial charge >= 0.3 is 0 Å². The molecule has 0 bridgehead atoms. The quantitative estimate of drug-likeness (QED) is 0.393. The zero-order valence-corrected chi connectivity index (χ0v) is 18.5. The SMILES string of the molecule is O=C(NCCCSc1ccccc1)C1CCCN(Cc2nc(-c3cccs3)no2)C1. The van der Waals surface area contributed by atoms with Gasteiger partial charge in [-0.1, -0.05) is 29.4 Å². The number of hydrogen-bond donors (Lipinski definition) is 1. The van der Waals surface area contributed by atoms with Crippen LogP contribution in [0, 0.1) is 5.92 Å². The van der Waals surface area contributed by atoms with E-state index in [-0.39, 0.29) is 11.8 Å². The lowest BCUT2D eigenvalue weighted by Crippen LogP contribution is -2.43. The molecule has 1 amide bonds. The Hall–Kier alpha value is -2.16. The molecule has 3 heterocycles. The fourth-order valence-electron chi connectivity index (χ4n) is 3.56. The van der Waals surface area contributed by atoms with Gasteiger partial charge in [-0.05, 0) is 55.1 Å². The number of amides is 1. The number of carbonyl (C=O) groups is 1. The second-order valence-corrected chi connectivity index (χ2v) is 9.49. The third kappa shape index (κ3) is 5.93. The van der Waals surface area contributed by atoms with Crippen LogP contribution in [0.25, 0.3) is 10.7 Å². The lowest BCUT2D eigenvalue weighted by atomic mass is 9.97. The summed E-state index contributed by atoms with van der Waals surface area (Å²) in [5.74, 6) is 2.44. The zero-order valence-electron chi connectivity index (χ0n) is 16.8. The fourth-order valence-corrected chi connectivity index (χ4v) is 5.09. The third-order valence-electron chi connectivity index (χ3n) is 5.08. The van der Waals surface area contributed by atoms with Crippen molar-refractivity contribution in [1.82, 2.24) is 20.4 Å². The molecule has 0 radical (unpaired) electrons. The molecule has 6 nitrogen and oxygen atoms in total. The molecule has 158 valence electrons. The van der Waals surface area contributed by atoms with Crippen LogP contribution in [0.2, 0.25) is 0 Å². The van der Waals surface area contributed by atoms with E-state index >= 15 is 0 Å². The molecule has 1 fully saturated rings. The molecule has 0 spiro atoms. The molecule has 2 aromatic heterocycles. The molecule has 1 unspecified atom stereocenters. The fraction of sp³-hybridized carbons (Fsp3) is 0.409. The maximum Gasteiger partial charge on any atom is 0.241 e. The molecule has 1 N–H and O–H groups in total. The van der Waals surface area contributed by atoms with Crippen molar-refractivity contribution in [3.63, 3.8) is 0 Å². The Kier molecular flexibility index (Phi) is 7.55. The Labute approximate surface area is 185 Å². The lowest BCUT2D eigenvalue weighted by Gasteiger charge is -2.30. The van der Waals surface area contributed by atoms with E-state index in [1.54, 1.807) is 11.3 Å². The van der Waals surface area contributed by atoms with Gasteiger partial charge in [-0.2, -0.15) is 4.98 Å². The summed E-state index contributed by atoms with van der Waals surface area (Å²) in [6, 6.07) is 14.3. The normalized spacial score (nSPS) is 17.1. The molecule has 1 aliphatic heterocycles. The van der Waals surface area contributed by atoms with Gasteiger partial charge < -0.3 is 9.84 Å². The summed E-state index contributed by atoms with van der Waals surface area (Å²) in [5, 5.41) is 9.19. The Morgan fingerprint density at radius 1 is 1.27 bits per heavy atom. The highest BCUT2D eigenvalue weighted by Gasteiger charge is 2.26. The topological polar surface area (TPSA) is 71.3 Å². The standard InChI is InChI=1S/C22H26N4O2S2/c27-22(23-11-6-14-29-18-8-2-1-3-9-18)17-7-4-12-26(15-17)16-20-24-21(25-28-20)19-10-5-13-30-19/h1-3,5,8-10,13,17H,4,6-7,11-12,14-16H2,(H,23,27). The van der Waals surface area contributed by atoms with Crippen molar-refractivity contribution in [2.75, 3.05) is 25.4 Å². The molecule has 8 heteroatoms. The van der Waals surface area contributed by atoms with Crippen LogP contribution in [0.15, 0.2) is 57.3 Å². The first kappa shape index (κ1) is 21.1. The smallest absolute Gasteiger partial charge is 0.241 e. The number of nitrogens with zero attached hydrogens (tertiary/aromatic N) is 3. The Morgan fingerprint density at radius 3 is 3.00 bits per heavy atom. The number of piperidine rings is 1. The van der Waals surface area contributed by atoms with Gasteiger partial charge in [0, 0.05) is 18.0 Å². The second kappa shape index (κ2) is 10.7. The predicted molar refractivity (Wildman–Crippen MR) is 120 cm³/mol. The summed E-state index contributed by atoms with van der Waals surface area (Å²) in [4.78, 5) is 21.6. The van der Waals surface area contributed by atoms with Crippen LogP contribution in [-0.2, 0) is 11.3 Å². The molecule has 30 heavy (non-hydrogen) atoms. The lowest BCUT2D eigenvalue weighted by molar-refractivity contribution is -0.126. The highest BCUT2D eigenvalue weighted by molar-refractivity contribution is 7.99. The van der Waals surface area contributed by atoms with Crippen LogP contribution >= 0.6 is 23.1 Å². The van der Waals surface area contributed by atoms with Gasteiger partial charge in [0.05, 0.1) is 17.3 Å². The molecule has 1 saturated heterocycles. The number of rotatable bonds is 9. The summed E-state index contributed by atoms with van der Waals surface area (Å²) < 4.78 is 5.42. The number of thioether (sulfide) groups is 1. The molecule has 1 aliphatic rings. The van der Waals surface area contributed by atoms with Crippen LogP contribution in [0.5, 0.6) is 0 Å². The summed E-state index contributed by atoms with van der Waals surface area (Å²) in [7, 11) is 0. The number of benzene rings is 1. The minimum Gasteiger partial charge on any atom is -0.356 e. The second-order valence-electron chi connectivity index (χ2n) is 7.37. The van der Waals surface area contributed by atoms with Crippen LogP contribution in [0.4, 0.5) is 0 Å². The van der Waals surface area contributed by atoms with Crippen molar-refractivity contribution in [1.29, 1.82) is 0 Å². The van der Waals surface area contributed by atoms with E-state index in [2.05, 4.69) is 44.6 Å². The van der Waals surface area contributed by atoms with E-state index in [1.807, 2.05) is 35.3 Å². The molecule has 0 aliphatic carbocycles. The molecule has 0 saturated carbocycles. The van der Waals surface area contributed by atoms with Crippen LogP contribution in [0.3, 0.4) is 0 Å². The van der Waals surface area contributed by atoms with Gasteiger partial charge in [0.15, 0.2) is 0 Å². The van der Waals surface area contributed by atoms with Crippen LogP contribution in [-0.4, -0.2) is 46.3 Å². The van der Waals surface area contributed by atoms with Gasteiger partial charge in [0.2, 0.25) is 17.6 Å². The average molecular weight is 443 g/mol. The average Bonchev–Trinajstić information content (AvgIpc) is 3.46.